The van der Waals surface area contributed by atoms with E-state index in [2.05, 4.69) is 10.1 Å². The van der Waals surface area contributed by atoms with Gasteiger partial charge in [-0.05, 0) is 47.4 Å². The summed E-state index contributed by atoms with van der Waals surface area (Å²) in [5.74, 6) is 0.379. The maximum atomic E-state index is 15.8. The van der Waals surface area contributed by atoms with Gasteiger partial charge in [-0.15, -0.1) is 11.3 Å². The fraction of sp³-hybridized carbons (Fsp3) is 0.257. The maximum Gasteiger partial charge on any atom is 0.417 e. The molecule has 10 nitrogen and oxygen atoms in total. The number of fused-ring (bicyclic) bond motifs is 1. The molecule has 1 N–H and O–H groups in total. The second-order valence-electron chi connectivity index (χ2n) is 10.3. The first-order valence-electron chi connectivity index (χ1n) is 15.1. The first-order valence-corrected chi connectivity index (χ1v) is 16.0. The predicted octanol–water partition coefficient (Wildman–Crippen LogP) is 6.47. The molecule has 0 saturated heterocycles. The van der Waals surface area contributed by atoms with E-state index in [1.807, 2.05) is 39.0 Å². The van der Waals surface area contributed by atoms with Crippen molar-refractivity contribution in [2.45, 2.75) is 46.4 Å². The molecule has 0 radical (unpaired) electrons. The fourth-order valence-corrected chi connectivity index (χ4v) is 6.25. The van der Waals surface area contributed by atoms with Gasteiger partial charge in [0.15, 0.2) is 0 Å². The molecule has 0 aliphatic rings. The van der Waals surface area contributed by atoms with Crippen molar-refractivity contribution < 1.29 is 23.5 Å². The quantitative estimate of drug-likeness (QED) is 0.178. The van der Waals surface area contributed by atoms with E-state index in [4.69, 9.17) is 14.0 Å². The number of halogens is 1. The van der Waals surface area contributed by atoms with Crippen molar-refractivity contribution in [1.29, 1.82) is 0 Å². The van der Waals surface area contributed by atoms with E-state index >= 15 is 4.39 Å². The average molecular weight is 659 g/mol. The molecule has 3 aromatic carbocycles. The summed E-state index contributed by atoms with van der Waals surface area (Å²) in [5.41, 5.74) is 1.53. The number of aliphatic hydroxyl groups excluding tert-OH is 1. The minimum Gasteiger partial charge on any atom is -0.497 e. The number of benzene rings is 3. The molecule has 244 valence electrons. The molecule has 0 aliphatic heterocycles. The Labute approximate surface area is 274 Å². The molecule has 3 aromatic heterocycles. The third-order valence-corrected chi connectivity index (χ3v) is 8.90. The van der Waals surface area contributed by atoms with Gasteiger partial charge in [0.2, 0.25) is 5.82 Å². The van der Waals surface area contributed by atoms with Gasteiger partial charge in [0.25, 0.3) is 5.56 Å². The highest BCUT2D eigenvalue weighted by Crippen LogP contribution is 2.32. The van der Waals surface area contributed by atoms with Gasteiger partial charge in [-0.25, -0.2) is 9.18 Å². The van der Waals surface area contributed by atoms with Gasteiger partial charge in [-0.1, -0.05) is 74.5 Å². The molecule has 0 bridgehead atoms. The zero-order valence-corrected chi connectivity index (χ0v) is 27.5. The van der Waals surface area contributed by atoms with Crippen LogP contribution in [0.4, 0.5) is 4.39 Å². The minimum absolute atomic E-state index is 0.00995. The van der Waals surface area contributed by atoms with E-state index in [9.17, 15) is 14.7 Å². The Morgan fingerprint density at radius 3 is 2.32 bits per heavy atom. The zero-order chi connectivity index (χ0) is 33.7. The van der Waals surface area contributed by atoms with E-state index < -0.39 is 23.2 Å². The summed E-state index contributed by atoms with van der Waals surface area (Å²) in [5, 5.41) is 15.3. The highest BCUT2D eigenvalue weighted by molar-refractivity contribution is 7.18. The van der Waals surface area contributed by atoms with E-state index in [1.54, 1.807) is 48.5 Å². The second kappa shape index (κ2) is 14.6. The molecule has 0 spiro atoms. The van der Waals surface area contributed by atoms with Gasteiger partial charge in [-0.3, -0.25) is 18.5 Å². The number of hydrogen-bond donors (Lipinski definition) is 1. The summed E-state index contributed by atoms with van der Waals surface area (Å²) in [6, 6.07) is 20.5. The van der Waals surface area contributed by atoms with Crippen molar-refractivity contribution in [3.8, 4) is 34.3 Å². The molecule has 1 unspecified atom stereocenters. The Morgan fingerprint density at radius 2 is 1.68 bits per heavy atom. The Hall–Kier alpha value is -5.07. The predicted molar refractivity (Wildman–Crippen MR) is 180 cm³/mol. The number of methoxy groups -OCH3 is 2. The highest BCUT2D eigenvalue weighted by Gasteiger charge is 2.21. The SMILES string of the molecule is CC.CCc1cc2c(=O)n(CC(O)c3ccc(OC)cc3)c(=O)n(Cc3ccc(-c4ccccc4-c4noc(OC)n4)cc3F)c2s1. The third kappa shape index (κ3) is 6.74. The summed E-state index contributed by atoms with van der Waals surface area (Å²) < 4.78 is 33.5. The monoisotopic (exact) mass is 658 g/mol. The number of aliphatic hydroxyl groups is 1. The number of nitrogens with zero attached hydrogens (tertiary/aromatic N) is 4. The topological polar surface area (TPSA) is 122 Å². The first-order chi connectivity index (χ1) is 22.8. The molecule has 47 heavy (non-hydrogen) atoms. The van der Waals surface area contributed by atoms with E-state index in [1.165, 1.54) is 36.2 Å². The molecular formula is C35H35FN4O6S. The molecule has 0 aliphatic carbocycles. The van der Waals surface area contributed by atoms with E-state index in [0.717, 1.165) is 9.44 Å². The van der Waals surface area contributed by atoms with Gasteiger partial charge >= 0.3 is 11.8 Å². The lowest BCUT2D eigenvalue weighted by molar-refractivity contribution is 0.153. The molecule has 12 heteroatoms. The average Bonchev–Trinajstić information content (AvgIpc) is 3.78. The van der Waals surface area contributed by atoms with Gasteiger partial charge in [0.1, 0.15) is 16.4 Å². The minimum atomic E-state index is -1.13. The Balaban J connectivity index is 0.00000213. The standard InChI is InChI=1S/C33H29FN4O6S.C2H6/c1-4-23-16-26-30(40)37(18-28(39)19-11-13-22(42-2)14-12-19)33(41)38(31(26)45-23)17-21-10-9-20(15-27(21)34)24-7-5-6-8-25(24)29-35-32(43-3)44-36-29;1-2/h5-16,28,39H,4,17-18H2,1-3H3;1-2H3. The Kier molecular flexibility index (Phi) is 10.3. The van der Waals surface area contributed by atoms with Crippen molar-refractivity contribution in [2.24, 2.45) is 0 Å². The smallest absolute Gasteiger partial charge is 0.417 e. The summed E-state index contributed by atoms with van der Waals surface area (Å²) in [7, 11) is 2.96. The van der Waals surface area contributed by atoms with Crippen LogP contribution >= 0.6 is 11.3 Å². The molecule has 0 amide bonds. The fourth-order valence-electron chi connectivity index (χ4n) is 5.17. The lowest BCUT2D eigenvalue weighted by atomic mass is 9.98. The molecule has 6 aromatic rings. The van der Waals surface area contributed by atoms with E-state index in [0.29, 0.717) is 50.5 Å². The van der Waals surface area contributed by atoms with Crippen LogP contribution in [0.5, 0.6) is 11.8 Å². The van der Waals surface area contributed by atoms with Crippen LogP contribution in [-0.2, 0) is 19.5 Å². The second-order valence-corrected chi connectivity index (χ2v) is 11.4. The van der Waals surface area contributed by atoms with Gasteiger partial charge in [-0.2, -0.15) is 4.98 Å². The normalized spacial score (nSPS) is 11.6. The molecule has 6 rings (SSSR count). The van der Waals surface area contributed by atoms with Gasteiger partial charge < -0.3 is 14.6 Å². The Bertz CT molecular complexity index is 2120. The van der Waals surface area contributed by atoms with Crippen LogP contribution in [-0.4, -0.2) is 38.6 Å². The van der Waals surface area contributed by atoms with Crippen LogP contribution in [0.2, 0.25) is 0 Å². The third-order valence-electron chi connectivity index (χ3n) is 7.59. The van der Waals surface area contributed by atoms with Gasteiger partial charge in [0, 0.05) is 16.0 Å². The summed E-state index contributed by atoms with van der Waals surface area (Å²) in [6.07, 6.45) is -0.460. The number of aromatic nitrogens is 4. The van der Waals surface area contributed by atoms with Crippen LogP contribution in [0.25, 0.3) is 32.7 Å². The van der Waals surface area contributed by atoms with Crippen molar-refractivity contribution >= 4 is 21.6 Å². The van der Waals surface area contributed by atoms with Crippen molar-refractivity contribution in [3.05, 3.63) is 115 Å². The van der Waals surface area contributed by atoms with Crippen molar-refractivity contribution in [3.63, 3.8) is 0 Å². The molecular weight excluding hydrogens is 623 g/mol. The van der Waals surface area contributed by atoms with Crippen LogP contribution in [0, 0.1) is 5.82 Å². The van der Waals surface area contributed by atoms with Crippen LogP contribution in [0.15, 0.2) is 86.9 Å². The number of thiophene rings is 1. The summed E-state index contributed by atoms with van der Waals surface area (Å²) in [4.78, 5) is 32.9. The number of hydrogen-bond acceptors (Lipinski definition) is 9. The van der Waals surface area contributed by atoms with Crippen LogP contribution < -0.4 is 20.7 Å². The van der Waals surface area contributed by atoms with Crippen LogP contribution in [0.1, 0.15) is 42.9 Å². The Morgan fingerprint density at radius 1 is 0.957 bits per heavy atom. The van der Waals surface area contributed by atoms with E-state index in [-0.39, 0.29) is 24.7 Å². The van der Waals surface area contributed by atoms with Crippen LogP contribution in [0.3, 0.4) is 0 Å². The largest absolute Gasteiger partial charge is 0.497 e. The zero-order valence-electron chi connectivity index (χ0n) is 26.7. The number of ether oxygens (including phenoxy) is 2. The van der Waals surface area contributed by atoms with Gasteiger partial charge in [0.05, 0.1) is 38.8 Å². The summed E-state index contributed by atoms with van der Waals surface area (Å²) in [6.45, 7) is 5.57. The maximum absolute atomic E-state index is 15.8. The molecule has 1 atom stereocenters. The first kappa shape index (κ1) is 33.3. The van der Waals surface area contributed by atoms with Crippen molar-refractivity contribution in [1.82, 2.24) is 19.3 Å². The van der Waals surface area contributed by atoms with Crippen molar-refractivity contribution in [2.75, 3.05) is 14.2 Å². The number of aryl methyl sites for hydroxylation is 1. The molecule has 0 fully saturated rings. The lowest BCUT2D eigenvalue weighted by Gasteiger charge is -2.16. The number of rotatable bonds is 10. The summed E-state index contributed by atoms with van der Waals surface area (Å²) >= 11 is 1.33. The lowest BCUT2D eigenvalue weighted by Crippen LogP contribution is -2.41. The molecule has 3 heterocycles. The molecule has 0 saturated carbocycles. The highest BCUT2D eigenvalue weighted by atomic mass is 32.1.